The Morgan fingerprint density at radius 2 is 1.58 bits per heavy atom. The van der Waals surface area contributed by atoms with E-state index in [1.165, 1.54) is 12.0 Å². The van der Waals surface area contributed by atoms with Gasteiger partial charge in [-0.15, -0.1) is 0 Å². The molecule has 0 aromatic heterocycles. The summed E-state index contributed by atoms with van der Waals surface area (Å²) in [6.45, 7) is 15.9. The van der Waals surface area contributed by atoms with Gasteiger partial charge >= 0.3 is 5.97 Å². The molecule has 2 N–H and O–H groups in total. The zero-order chi connectivity index (χ0) is 51.4. The van der Waals surface area contributed by atoms with Gasteiger partial charge in [0.05, 0.1) is 30.5 Å². The van der Waals surface area contributed by atoms with Gasteiger partial charge in [-0.2, -0.15) is 0 Å². The van der Waals surface area contributed by atoms with Crippen LogP contribution in [0.5, 0.6) is 0 Å². The summed E-state index contributed by atoms with van der Waals surface area (Å²) < 4.78 is 48.2. The smallest absolute Gasteiger partial charge is 0.329 e. The summed E-state index contributed by atoms with van der Waals surface area (Å²) in [7, 11) is 1.76. The van der Waals surface area contributed by atoms with Crippen LogP contribution in [0.2, 0.25) is 0 Å². The molecule has 3 aliphatic heterocycles. The monoisotopic (exact) mass is 990 g/mol. The van der Waals surface area contributed by atoms with Crippen molar-refractivity contribution in [3.05, 3.63) is 47.6 Å². The first-order valence-corrected chi connectivity index (χ1v) is 27.7. The number of amides is 1. The first-order chi connectivity index (χ1) is 32.4. The number of allylic oxidation sites excluding steroid dienone is 6. The van der Waals surface area contributed by atoms with E-state index in [9.17, 15) is 38.8 Å². The van der Waals surface area contributed by atoms with Gasteiger partial charge in [-0.25, -0.2) is 4.79 Å². The highest BCUT2D eigenvalue weighted by Gasteiger charge is 2.53. The van der Waals surface area contributed by atoms with Crippen LogP contribution in [0.3, 0.4) is 0 Å². The molecule has 4 rings (SSSR count). The third-order valence-corrected chi connectivity index (χ3v) is 15.6. The van der Waals surface area contributed by atoms with Gasteiger partial charge in [0.2, 0.25) is 5.79 Å². The third kappa shape index (κ3) is 16.2. The molecule has 15 unspecified atom stereocenters. The van der Waals surface area contributed by atoms with Crippen molar-refractivity contribution < 1.29 is 67.0 Å². The largest absolute Gasteiger partial charge is 0.460 e. The van der Waals surface area contributed by atoms with Crippen LogP contribution in [0.25, 0.3) is 0 Å². The minimum absolute atomic E-state index is 0.0144. The predicted molar refractivity (Wildman–Crippen MR) is 263 cm³/mol. The molecule has 16 heteroatoms. The van der Waals surface area contributed by atoms with E-state index < -0.39 is 85.1 Å². The molecule has 390 valence electrons. The summed E-state index contributed by atoms with van der Waals surface area (Å²) in [5, 5.41) is 23.5. The topological polar surface area (TPSA) is 201 Å². The fourth-order valence-electron chi connectivity index (χ4n) is 10.6. The van der Waals surface area contributed by atoms with E-state index in [1.54, 1.807) is 54.4 Å². The number of hydrogen-bond acceptors (Lipinski definition) is 14. The van der Waals surface area contributed by atoms with Crippen LogP contribution in [-0.4, -0.2) is 140 Å². The molecule has 1 saturated carbocycles. The summed E-state index contributed by atoms with van der Waals surface area (Å²) >= 11 is 0. The Labute approximate surface area is 411 Å². The average molecular weight is 990 g/mol. The molecular formula is C53H84NO14P. The molecule has 15 nitrogen and oxygen atoms in total. The van der Waals surface area contributed by atoms with Gasteiger partial charge in [0.15, 0.2) is 18.9 Å². The van der Waals surface area contributed by atoms with Crippen LogP contribution in [0.1, 0.15) is 126 Å². The lowest BCUT2D eigenvalue weighted by atomic mass is 9.78. The number of aliphatic hydroxyl groups excluding tert-OH is 1. The van der Waals surface area contributed by atoms with Gasteiger partial charge in [0.1, 0.15) is 18.2 Å². The van der Waals surface area contributed by atoms with Gasteiger partial charge < -0.3 is 43.3 Å². The summed E-state index contributed by atoms with van der Waals surface area (Å²) in [5.41, 5.74) is 1.18. The standard InChI is InChI=1S/C53H84NO14P/c1-32-18-14-13-15-19-33(2)44(63-8)30-40-23-21-38(7)53(61,67-40)50(58)51(59)54-25-17-16-20-41(54)52(60)66-45(35(4)28-39-22-24-43(46(29-39)64-9)68-69(11,12)62)31-42(55)34(3)27-37(6)48(57)49(65-10)47(56)36(5)26-32/h13-15,18-19,27,32,35-41,43-46,48-49,57,61H,16-17,20-26,28-31H2,1-12H3. The van der Waals surface area contributed by atoms with E-state index in [-0.39, 0.29) is 60.9 Å². The van der Waals surface area contributed by atoms with E-state index in [2.05, 4.69) is 0 Å². The van der Waals surface area contributed by atoms with Crippen LogP contribution in [-0.2, 0) is 56.7 Å². The van der Waals surface area contributed by atoms with Crippen molar-refractivity contribution in [3.63, 3.8) is 0 Å². The van der Waals surface area contributed by atoms with E-state index >= 15 is 0 Å². The molecule has 2 saturated heterocycles. The number of Topliss-reactive ketones (excluding diaryl/α,β-unsaturated/α-hetero) is 3. The van der Waals surface area contributed by atoms with Crippen LogP contribution in [0.15, 0.2) is 47.6 Å². The molecule has 15 atom stereocenters. The van der Waals surface area contributed by atoms with Crippen molar-refractivity contribution in [1.82, 2.24) is 4.90 Å². The van der Waals surface area contributed by atoms with Gasteiger partial charge in [0.25, 0.3) is 11.7 Å². The van der Waals surface area contributed by atoms with Crippen molar-refractivity contribution in [2.75, 3.05) is 41.2 Å². The first kappa shape index (κ1) is 58.4. The highest BCUT2D eigenvalue weighted by molar-refractivity contribution is 7.57. The highest BCUT2D eigenvalue weighted by Crippen LogP contribution is 2.45. The number of ether oxygens (including phenoxy) is 5. The van der Waals surface area contributed by atoms with E-state index in [1.807, 2.05) is 58.1 Å². The molecule has 3 fully saturated rings. The van der Waals surface area contributed by atoms with Gasteiger partial charge in [-0.3, -0.25) is 23.7 Å². The number of carbonyl (C=O) groups is 5. The number of hydrogen-bond donors (Lipinski definition) is 2. The molecule has 3 heterocycles. The number of esters is 1. The summed E-state index contributed by atoms with van der Waals surface area (Å²) in [4.78, 5) is 72.2. The maximum absolute atomic E-state index is 14.5. The number of methoxy groups -OCH3 is 3. The Bertz CT molecular complexity index is 1940. The average Bonchev–Trinajstić information content (AvgIpc) is 3.30. The van der Waals surface area contributed by atoms with Crippen LogP contribution in [0, 0.1) is 35.5 Å². The molecule has 0 radical (unpaired) electrons. The number of carbonyl (C=O) groups excluding carboxylic acids is 5. The second-order valence-corrected chi connectivity index (χ2v) is 23.6. The molecule has 4 aliphatic rings. The highest BCUT2D eigenvalue weighted by atomic mass is 31.2. The van der Waals surface area contributed by atoms with Gasteiger partial charge in [-0.1, -0.05) is 71.1 Å². The van der Waals surface area contributed by atoms with Crippen molar-refractivity contribution in [2.24, 2.45) is 35.5 Å². The van der Waals surface area contributed by atoms with Crippen molar-refractivity contribution in [2.45, 2.75) is 180 Å². The third-order valence-electron chi connectivity index (χ3n) is 14.9. The number of nitrogens with zero attached hydrogens (tertiary/aromatic N) is 1. The number of ketones is 3. The normalized spacial score (nSPS) is 36.6. The Morgan fingerprint density at radius 1 is 0.870 bits per heavy atom. The maximum atomic E-state index is 14.5. The minimum atomic E-state index is -2.79. The van der Waals surface area contributed by atoms with Gasteiger partial charge in [0, 0.05) is 71.8 Å². The number of cyclic esters (lactones) is 1. The molecule has 0 aromatic rings. The Balaban J connectivity index is 1.70. The lowest BCUT2D eigenvalue weighted by molar-refractivity contribution is -0.265. The fraction of sp³-hybridized carbons (Fsp3) is 0.755. The Hall–Kier alpha value is -3.14. The molecule has 69 heavy (non-hydrogen) atoms. The lowest BCUT2D eigenvalue weighted by Gasteiger charge is -2.42. The summed E-state index contributed by atoms with van der Waals surface area (Å²) in [5.74, 6) is -8.08. The van der Waals surface area contributed by atoms with Crippen LogP contribution < -0.4 is 0 Å². The molecule has 0 aromatic carbocycles. The lowest BCUT2D eigenvalue weighted by Crippen LogP contribution is -2.61. The van der Waals surface area contributed by atoms with Gasteiger partial charge in [-0.05, 0) is 107 Å². The summed E-state index contributed by atoms with van der Waals surface area (Å²) in [6.07, 6.45) is 11.4. The number of aliphatic hydroxyl groups is 2. The van der Waals surface area contributed by atoms with Crippen molar-refractivity contribution >= 4 is 36.6 Å². The van der Waals surface area contributed by atoms with E-state index in [4.69, 9.17) is 28.2 Å². The summed E-state index contributed by atoms with van der Waals surface area (Å²) in [6, 6.07) is -1.16. The molecule has 1 amide bonds. The van der Waals surface area contributed by atoms with Crippen LogP contribution >= 0.6 is 7.37 Å². The quantitative estimate of drug-likeness (QED) is 0.136. The first-order valence-electron chi connectivity index (χ1n) is 25.2. The Kier molecular flexibility index (Phi) is 22.5. The molecule has 2 bridgehead atoms. The zero-order valence-corrected chi connectivity index (χ0v) is 44.3. The number of rotatable bonds is 8. The molecular weight excluding hydrogens is 906 g/mol. The van der Waals surface area contributed by atoms with Crippen molar-refractivity contribution in [3.8, 4) is 0 Å². The SMILES string of the molecule is COC1CC2CCC(C)C(O)(O2)C(=O)C(=O)N2CCCCC2C(=O)OC(C(C)CC2CCC(OP(C)(C)=O)C(OC)C2)CC(=O)C(C)=CC(C)C(O)C(OC)C(=O)C(C)CC(C)C=CC=CC=C1C. The molecule has 0 spiro atoms. The number of piperidine rings is 1. The predicted octanol–water partition coefficient (Wildman–Crippen LogP) is 7.74. The number of fused-ring (bicyclic) bond motifs is 3. The van der Waals surface area contributed by atoms with E-state index in [0.29, 0.717) is 63.4 Å². The zero-order valence-electron chi connectivity index (χ0n) is 43.4. The second kappa shape index (κ2) is 26.5. The second-order valence-electron chi connectivity index (χ2n) is 20.9. The molecule has 1 aliphatic carbocycles. The fourth-order valence-corrected chi connectivity index (χ4v) is 11.5. The van der Waals surface area contributed by atoms with Crippen LogP contribution in [0.4, 0.5) is 0 Å². The minimum Gasteiger partial charge on any atom is -0.460 e. The van der Waals surface area contributed by atoms with E-state index in [0.717, 1.165) is 12.0 Å². The Morgan fingerprint density at radius 3 is 2.23 bits per heavy atom. The maximum Gasteiger partial charge on any atom is 0.329 e. The van der Waals surface area contributed by atoms with Crippen molar-refractivity contribution in [1.29, 1.82) is 0 Å².